The lowest BCUT2D eigenvalue weighted by molar-refractivity contribution is 0.516. The Hall–Kier alpha value is -2.70. The molecule has 5 rings (SSSR count). The summed E-state index contributed by atoms with van der Waals surface area (Å²) >= 11 is 8.17. The highest BCUT2D eigenvalue weighted by Crippen LogP contribution is 2.32. The molecule has 1 aliphatic rings. The van der Waals surface area contributed by atoms with Crippen LogP contribution in [0.2, 0.25) is 5.15 Å². The normalized spacial score (nSPS) is 14.6. The molecule has 0 spiro atoms. The first-order valence-electron chi connectivity index (χ1n) is 11.3. The number of rotatable bonds is 5. The third kappa shape index (κ3) is 4.97. The number of hydrogen-bond acceptors (Lipinski definition) is 5. The van der Waals surface area contributed by atoms with Crippen LogP contribution in [0.25, 0.3) is 33.7 Å². The number of halogens is 1. The Bertz CT molecular complexity index is 1330. The van der Waals surface area contributed by atoms with E-state index in [1.165, 1.54) is 32.1 Å². The van der Waals surface area contributed by atoms with Crippen LogP contribution in [0.1, 0.15) is 43.5 Å². The Labute approximate surface area is 202 Å². The number of hydrogen-bond donors (Lipinski definition) is 1. The molecule has 3 heterocycles. The van der Waals surface area contributed by atoms with Crippen LogP contribution in [-0.2, 0) is 5.75 Å². The van der Waals surface area contributed by atoms with Crippen LogP contribution in [0.4, 0.5) is 0 Å². The number of aromatic amines is 1. The van der Waals surface area contributed by atoms with Gasteiger partial charge < -0.3 is 4.98 Å². The molecule has 1 saturated carbocycles. The number of aryl methyl sites for hydroxylation is 1. The van der Waals surface area contributed by atoms with Gasteiger partial charge in [0.25, 0.3) is 0 Å². The minimum Gasteiger partial charge on any atom is -0.341 e. The van der Waals surface area contributed by atoms with Crippen LogP contribution in [0.3, 0.4) is 0 Å². The van der Waals surface area contributed by atoms with Gasteiger partial charge in [-0.25, -0.2) is 15.0 Å². The predicted octanol–water partition coefficient (Wildman–Crippen LogP) is 6.57. The summed E-state index contributed by atoms with van der Waals surface area (Å²) in [5.74, 6) is 0.777. The molecule has 1 aromatic carbocycles. The molecule has 3 aromatic heterocycles. The van der Waals surface area contributed by atoms with E-state index in [1.54, 1.807) is 12.1 Å². The summed E-state index contributed by atoms with van der Waals surface area (Å²) < 4.78 is 0. The highest BCUT2D eigenvalue weighted by molar-refractivity contribution is 7.99. The van der Waals surface area contributed by atoms with E-state index in [4.69, 9.17) is 21.6 Å². The molecule has 1 N–H and O–H groups in total. The summed E-state index contributed by atoms with van der Waals surface area (Å²) in [6.07, 6.45) is 6.47. The molecule has 1 fully saturated rings. The second-order valence-electron chi connectivity index (χ2n) is 8.53. The zero-order chi connectivity index (χ0) is 22.8. The average molecular weight is 477 g/mol. The van der Waals surface area contributed by atoms with Gasteiger partial charge in [-0.2, -0.15) is 11.8 Å². The fourth-order valence-corrected chi connectivity index (χ4v) is 5.88. The lowest BCUT2D eigenvalue weighted by Gasteiger charge is -2.20. The number of H-pyrrole nitrogens is 1. The first kappa shape index (κ1) is 22.1. The van der Waals surface area contributed by atoms with E-state index in [1.807, 2.05) is 55.1 Å². The Morgan fingerprint density at radius 1 is 0.970 bits per heavy atom. The molecule has 0 saturated heterocycles. The van der Waals surface area contributed by atoms with Crippen LogP contribution >= 0.6 is 23.4 Å². The summed E-state index contributed by atoms with van der Waals surface area (Å²) in [7, 11) is 0. The summed E-state index contributed by atoms with van der Waals surface area (Å²) in [6, 6.07) is 15.2. The van der Waals surface area contributed by atoms with Crippen molar-refractivity contribution >= 4 is 34.5 Å². The van der Waals surface area contributed by atoms with E-state index in [0.717, 1.165) is 28.3 Å². The third-order valence-corrected chi connectivity index (χ3v) is 7.60. The van der Waals surface area contributed by atoms with E-state index in [2.05, 4.69) is 9.97 Å². The number of pyridine rings is 2. The van der Waals surface area contributed by atoms with E-state index < -0.39 is 0 Å². The first-order chi connectivity index (χ1) is 16.1. The number of nitrogens with zero attached hydrogens (tertiary/aromatic N) is 3. The van der Waals surface area contributed by atoms with Gasteiger partial charge in [-0.1, -0.05) is 61.2 Å². The fraction of sp³-hybridized carbons (Fsp3) is 0.308. The molecule has 1 aliphatic carbocycles. The molecular formula is C26H25ClN4OS. The number of benzene rings is 1. The fourth-order valence-electron chi connectivity index (χ4n) is 4.39. The largest absolute Gasteiger partial charge is 0.341 e. The van der Waals surface area contributed by atoms with Gasteiger partial charge >= 0.3 is 0 Å². The molecule has 0 amide bonds. The minimum absolute atomic E-state index is 0.117. The maximum atomic E-state index is 13.0. The Kier molecular flexibility index (Phi) is 6.47. The number of aromatic nitrogens is 4. The first-order valence-corrected chi connectivity index (χ1v) is 12.7. The van der Waals surface area contributed by atoms with Gasteiger partial charge in [0.1, 0.15) is 5.15 Å². The van der Waals surface area contributed by atoms with E-state index >= 15 is 0 Å². The molecule has 0 atom stereocenters. The second-order valence-corrected chi connectivity index (χ2v) is 10.2. The van der Waals surface area contributed by atoms with Crippen molar-refractivity contribution in [1.29, 1.82) is 0 Å². The van der Waals surface area contributed by atoms with Crippen LogP contribution in [0.5, 0.6) is 0 Å². The Balaban J connectivity index is 1.61. The minimum atomic E-state index is -0.117. The number of thioether (sulfide) groups is 1. The third-order valence-electron chi connectivity index (χ3n) is 5.98. The molecule has 0 radical (unpaired) electrons. The van der Waals surface area contributed by atoms with Gasteiger partial charge in [-0.05, 0) is 31.9 Å². The highest BCUT2D eigenvalue weighted by Gasteiger charge is 2.18. The lowest BCUT2D eigenvalue weighted by Crippen LogP contribution is -2.12. The van der Waals surface area contributed by atoms with Crippen molar-refractivity contribution < 1.29 is 0 Å². The maximum absolute atomic E-state index is 13.0. The summed E-state index contributed by atoms with van der Waals surface area (Å²) in [5.41, 5.74) is 5.45. The second kappa shape index (κ2) is 9.65. The Morgan fingerprint density at radius 2 is 1.73 bits per heavy atom. The van der Waals surface area contributed by atoms with Crippen molar-refractivity contribution in [2.75, 3.05) is 0 Å². The standard InChI is InChI=1S/C26H25ClN4OS/c1-16-12-18(13-22(27)28-16)24-23(17-8-4-2-5-9-17)31-26-25(30-24)21(32)14-19(29-26)15-33-20-10-6-3-7-11-20/h2,4-5,8-9,12-14,20H,3,6-7,10-11,15H2,1H3,(H,29,31,32). The molecule has 4 aromatic rings. The van der Waals surface area contributed by atoms with E-state index in [-0.39, 0.29) is 5.43 Å². The Morgan fingerprint density at radius 3 is 2.48 bits per heavy atom. The molecule has 0 aliphatic heterocycles. The maximum Gasteiger partial charge on any atom is 0.209 e. The topological polar surface area (TPSA) is 71.5 Å². The van der Waals surface area contributed by atoms with Crippen molar-refractivity contribution in [3.63, 3.8) is 0 Å². The van der Waals surface area contributed by atoms with Gasteiger partial charge in [-0.15, -0.1) is 0 Å². The number of fused-ring (bicyclic) bond motifs is 1. The highest BCUT2D eigenvalue weighted by atomic mass is 35.5. The summed E-state index contributed by atoms with van der Waals surface area (Å²) in [5, 5.41) is 1.06. The van der Waals surface area contributed by atoms with Crippen LogP contribution < -0.4 is 5.43 Å². The van der Waals surface area contributed by atoms with Crippen molar-refractivity contribution in [3.8, 4) is 22.5 Å². The van der Waals surface area contributed by atoms with Crippen molar-refractivity contribution in [1.82, 2.24) is 19.9 Å². The van der Waals surface area contributed by atoms with Crippen molar-refractivity contribution in [3.05, 3.63) is 75.3 Å². The van der Waals surface area contributed by atoms with Crippen molar-refractivity contribution in [2.45, 2.75) is 50.0 Å². The van der Waals surface area contributed by atoms with Gasteiger partial charge in [0.05, 0.1) is 11.4 Å². The van der Waals surface area contributed by atoms with Gasteiger partial charge in [0.2, 0.25) is 5.43 Å². The molecular weight excluding hydrogens is 452 g/mol. The smallest absolute Gasteiger partial charge is 0.209 e. The quantitative estimate of drug-likeness (QED) is 0.329. The molecule has 33 heavy (non-hydrogen) atoms. The molecule has 5 nitrogen and oxygen atoms in total. The monoisotopic (exact) mass is 476 g/mol. The van der Waals surface area contributed by atoms with Gasteiger partial charge in [0, 0.05) is 39.6 Å². The predicted molar refractivity (Wildman–Crippen MR) is 137 cm³/mol. The van der Waals surface area contributed by atoms with Crippen LogP contribution in [-0.4, -0.2) is 25.2 Å². The van der Waals surface area contributed by atoms with Gasteiger partial charge in [0.15, 0.2) is 11.2 Å². The molecule has 0 unspecified atom stereocenters. The van der Waals surface area contributed by atoms with Gasteiger partial charge in [-0.3, -0.25) is 4.79 Å². The van der Waals surface area contributed by atoms with E-state index in [0.29, 0.717) is 33.0 Å². The summed E-state index contributed by atoms with van der Waals surface area (Å²) in [4.78, 5) is 30.4. The van der Waals surface area contributed by atoms with E-state index in [9.17, 15) is 4.79 Å². The molecule has 168 valence electrons. The molecule has 0 bridgehead atoms. The SMILES string of the molecule is Cc1cc(-c2nc3c(=O)cc(CSC4CCCCC4)[nH]c3nc2-c2ccccc2)cc(Cl)n1. The number of nitrogens with one attached hydrogen (secondary N) is 1. The lowest BCUT2D eigenvalue weighted by atomic mass is 10.0. The van der Waals surface area contributed by atoms with Crippen LogP contribution in [0.15, 0.2) is 53.3 Å². The average Bonchev–Trinajstić information content (AvgIpc) is 2.83. The summed E-state index contributed by atoms with van der Waals surface area (Å²) in [6.45, 7) is 1.88. The molecule has 7 heteroatoms. The zero-order valence-electron chi connectivity index (χ0n) is 18.5. The van der Waals surface area contributed by atoms with Crippen molar-refractivity contribution in [2.24, 2.45) is 0 Å². The van der Waals surface area contributed by atoms with Crippen LogP contribution in [0, 0.1) is 6.92 Å². The zero-order valence-corrected chi connectivity index (χ0v) is 20.0.